The summed E-state index contributed by atoms with van der Waals surface area (Å²) in [5.41, 5.74) is 19.9. The van der Waals surface area contributed by atoms with Crippen LogP contribution in [0.5, 0.6) is 0 Å². The molecule has 7 aromatic rings. The number of hydrogen-bond acceptors (Lipinski definition) is 2. The van der Waals surface area contributed by atoms with Crippen molar-refractivity contribution in [2.75, 3.05) is 42.3 Å². The lowest BCUT2D eigenvalue weighted by Crippen LogP contribution is -2.34. The second kappa shape index (κ2) is 15.8. The number of benzene rings is 4. The van der Waals surface area contributed by atoms with Crippen LogP contribution in [-0.4, -0.2) is 62.2 Å². The fraction of sp³-hybridized carbons (Fsp3) is 0.143. The summed E-state index contributed by atoms with van der Waals surface area (Å²) in [6, 6.07) is 43.3. The Labute approximate surface area is 364 Å². The van der Waals surface area contributed by atoms with Crippen molar-refractivity contribution in [3.05, 3.63) is 155 Å². The van der Waals surface area contributed by atoms with Crippen LogP contribution in [0.3, 0.4) is 0 Å². The number of fused-ring (bicyclic) bond motifs is 8. The molecule has 62 heavy (non-hydrogen) atoms. The lowest BCUT2D eigenvalue weighted by molar-refractivity contribution is 0.486. The third-order valence-corrected chi connectivity index (χ3v) is 11.5. The molecule has 9 rings (SSSR count). The van der Waals surface area contributed by atoms with Crippen LogP contribution in [0, 0.1) is 23.7 Å². The minimum absolute atomic E-state index is 0.719. The maximum Gasteiger partial charge on any atom is 0.132 e. The van der Waals surface area contributed by atoms with Gasteiger partial charge >= 0.3 is 0 Å². The van der Waals surface area contributed by atoms with Crippen LogP contribution in [0.2, 0.25) is 0 Å². The summed E-state index contributed by atoms with van der Waals surface area (Å²) in [5.74, 6) is 12.5. The summed E-state index contributed by atoms with van der Waals surface area (Å²) < 4.78 is 1.44. The van der Waals surface area contributed by atoms with Gasteiger partial charge in [-0.15, -0.1) is 11.8 Å². The number of H-pyrrole nitrogens is 2. The van der Waals surface area contributed by atoms with E-state index in [1.807, 2.05) is 13.8 Å². The minimum atomic E-state index is 0.719. The molecule has 0 atom stereocenters. The van der Waals surface area contributed by atoms with Gasteiger partial charge in [0.05, 0.1) is 65.1 Å². The van der Waals surface area contributed by atoms with Crippen LogP contribution in [0.1, 0.15) is 47.8 Å². The molecular formula is C56H50N6+2. The molecule has 0 aliphatic carbocycles. The highest BCUT2D eigenvalue weighted by molar-refractivity contribution is 6.00. The molecule has 0 spiro atoms. The van der Waals surface area contributed by atoms with E-state index in [0.29, 0.717) is 0 Å². The number of aromatic amines is 2. The van der Waals surface area contributed by atoms with E-state index >= 15 is 0 Å². The molecular weight excluding hydrogens is 757 g/mol. The number of rotatable bonds is 6. The average Bonchev–Trinajstić information content (AvgIpc) is 4.10. The molecule has 0 saturated carbocycles. The maximum absolute atomic E-state index is 5.49. The van der Waals surface area contributed by atoms with E-state index in [1.54, 1.807) is 0 Å². The maximum atomic E-state index is 5.49. The van der Waals surface area contributed by atoms with E-state index in [4.69, 9.17) is 9.97 Å². The van der Waals surface area contributed by atoms with E-state index in [1.165, 1.54) is 11.4 Å². The van der Waals surface area contributed by atoms with Gasteiger partial charge in [0.2, 0.25) is 0 Å². The summed E-state index contributed by atoms with van der Waals surface area (Å²) in [4.78, 5) is 18.7. The third-order valence-electron chi connectivity index (χ3n) is 11.5. The first-order chi connectivity index (χ1) is 29.9. The van der Waals surface area contributed by atoms with Gasteiger partial charge in [0.25, 0.3) is 0 Å². The summed E-state index contributed by atoms with van der Waals surface area (Å²) in [6.45, 7) is 3.73. The van der Waals surface area contributed by atoms with E-state index in [-0.39, 0.29) is 0 Å². The summed E-state index contributed by atoms with van der Waals surface area (Å²) >= 11 is 0. The van der Waals surface area contributed by atoms with E-state index < -0.39 is 0 Å². The zero-order valence-corrected chi connectivity index (χ0v) is 36.6. The summed E-state index contributed by atoms with van der Waals surface area (Å²) in [7, 11) is 13.1. The molecule has 2 aliphatic heterocycles. The molecule has 8 bridgehead atoms. The lowest BCUT2D eigenvalue weighted by Gasteiger charge is -2.23. The lowest BCUT2D eigenvalue weighted by atomic mass is 10.0. The molecule has 2 aliphatic rings. The fourth-order valence-electron chi connectivity index (χ4n) is 8.30. The van der Waals surface area contributed by atoms with Crippen molar-refractivity contribution < 1.29 is 0 Å². The third kappa shape index (κ3) is 7.70. The van der Waals surface area contributed by atoms with Crippen LogP contribution in [0.25, 0.3) is 90.9 Å². The van der Waals surface area contributed by atoms with Gasteiger partial charge in [0.1, 0.15) is 11.4 Å². The Bertz CT molecular complexity index is 3010. The molecule has 0 amide bonds. The van der Waals surface area contributed by atoms with Gasteiger partial charge in [0.15, 0.2) is 0 Å². The van der Waals surface area contributed by atoms with Gasteiger partial charge in [0, 0.05) is 55.4 Å². The van der Waals surface area contributed by atoms with Gasteiger partial charge in [-0.25, -0.2) is 9.97 Å². The van der Waals surface area contributed by atoms with Crippen LogP contribution < -0.4 is 8.97 Å². The smallest absolute Gasteiger partial charge is 0.132 e. The largest absolute Gasteiger partial charge is 0.354 e. The van der Waals surface area contributed by atoms with Crippen molar-refractivity contribution in [3.63, 3.8) is 0 Å². The Hall–Kier alpha value is -7.48. The Morgan fingerprint density at radius 2 is 0.613 bits per heavy atom. The molecule has 0 fully saturated rings. The Kier molecular flexibility index (Phi) is 10.2. The molecule has 0 unspecified atom stereocenters. The summed E-state index contributed by atoms with van der Waals surface area (Å²) in [6.07, 6.45) is 8.58. The van der Waals surface area contributed by atoms with E-state index in [0.717, 1.165) is 109 Å². The number of quaternary nitrogens is 2. The van der Waals surface area contributed by atoms with Crippen LogP contribution in [0.15, 0.2) is 121 Å². The normalized spacial score (nSPS) is 12.1. The first kappa shape index (κ1) is 40.0. The molecule has 0 radical (unpaired) electrons. The fourth-order valence-corrected chi connectivity index (χ4v) is 8.30. The molecule has 5 heterocycles. The number of hydrogen-bond donors (Lipinski definition) is 2. The quantitative estimate of drug-likeness (QED) is 0.130. The molecule has 4 aromatic carbocycles. The SMILES string of the molecule is CC#Cc1ccc(-c2c3nc(c(-c4ccc([N+](C)(C)C)cc4)c4ccc([nH]4)c(-c4ccc(C#CC)cc4)c4nc(c(-c5ccc([N+](C)(C)C)cc5)c5ccc2[nH]5)C=C4)C=C3)cc1. The van der Waals surface area contributed by atoms with Gasteiger partial charge in [-0.05, 0) is 157 Å². The first-order valence-electron chi connectivity index (χ1n) is 21.0. The van der Waals surface area contributed by atoms with Crippen LogP contribution in [-0.2, 0) is 0 Å². The molecule has 6 nitrogen and oxygen atoms in total. The molecule has 6 heteroatoms. The van der Waals surface area contributed by atoms with E-state index in [2.05, 4.69) is 222 Å². The highest BCUT2D eigenvalue weighted by Gasteiger charge is 2.21. The Morgan fingerprint density at radius 3 is 0.855 bits per heavy atom. The molecule has 2 N–H and O–H groups in total. The molecule has 3 aromatic heterocycles. The van der Waals surface area contributed by atoms with Crippen molar-refractivity contribution in [1.29, 1.82) is 0 Å². The minimum Gasteiger partial charge on any atom is -0.354 e. The molecule has 0 saturated heterocycles. The number of aromatic nitrogens is 4. The second-order valence-corrected chi connectivity index (χ2v) is 17.5. The summed E-state index contributed by atoms with van der Waals surface area (Å²) in [5, 5.41) is 0. The zero-order chi connectivity index (χ0) is 43.2. The Morgan fingerprint density at radius 1 is 0.355 bits per heavy atom. The van der Waals surface area contributed by atoms with Crippen molar-refractivity contribution in [3.8, 4) is 68.2 Å². The Balaban J connectivity index is 1.42. The number of nitrogens with zero attached hydrogens (tertiary/aromatic N) is 4. The second-order valence-electron chi connectivity index (χ2n) is 17.5. The number of nitrogens with one attached hydrogen (secondary N) is 2. The van der Waals surface area contributed by atoms with Crippen molar-refractivity contribution >= 4 is 57.7 Å². The van der Waals surface area contributed by atoms with Gasteiger partial charge in [-0.1, -0.05) is 36.1 Å². The highest BCUT2D eigenvalue weighted by atomic mass is 15.3. The predicted molar refractivity (Wildman–Crippen MR) is 265 cm³/mol. The predicted octanol–water partition coefficient (Wildman–Crippen LogP) is 12.5. The standard InChI is InChI=1S/C56H50N6/c1-9-11-37-13-17-39(18-14-37)53-45-29-33-49(57-45)55(41-21-25-43(26-22-41)61(3,4)5)51-35-31-47(59-51)54(40-19-15-38(12-10-2)16-20-40)48-32-36-52(60-48)56(50-34-30-46(53)58-50)42-23-27-44(28-24-42)62(6,7)8/h13-36,57,60H,1-8H3/q+2. The van der Waals surface area contributed by atoms with Crippen molar-refractivity contribution in [2.24, 2.45) is 0 Å². The van der Waals surface area contributed by atoms with Crippen molar-refractivity contribution in [1.82, 2.24) is 28.9 Å². The van der Waals surface area contributed by atoms with Gasteiger partial charge in [-0.2, -0.15) is 0 Å². The van der Waals surface area contributed by atoms with E-state index in [9.17, 15) is 0 Å². The van der Waals surface area contributed by atoms with Crippen LogP contribution >= 0.6 is 0 Å². The molecule has 302 valence electrons. The zero-order valence-electron chi connectivity index (χ0n) is 36.6. The first-order valence-corrected chi connectivity index (χ1v) is 21.0. The average molecular weight is 807 g/mol. The highest BCUT2D eigenvalue weighted by Crippen LogP contribution is 2.39. The topological polar surface area (TPSA) is 57.4 Å². The van der Waals surface area contributed by atoms with Gasteiger partial charge in [-0.3, -0.25) is 8.97 Å². The van der Waals surface area contributed by atoms with Crippen molar-refractivity contribution in [2.45, 2.75) is 13.8 Å². The monoisotopic (exact) mass is 806 g/mol. The van der Waals surface area contributed by atoms with Gasteiger partial charge < -0.3 is 9.97 Å². The van der Waals surface area contributed by atoms with Crippen LogP contribution in [0.4, 0.5) is 11.4 Å².